The number of ether oxygens (including phenoxy) is 1. The SMILES string of the molecule is CC(=O)c1ccc(Oc2ccc(C#N)cc2)cc1[N+](=O)[O-]. The Labute approximate surface area is 120 Å². The number of ketones is 1. The topological polar surface area (TPSA) is 93.2 Å². The lowest BCUT2D eigenvalue weighted by atomic mass is 10.1. The predicted octanol–water partition coefficient (Wildman–Crippen LogP) is 3.46. The zero-order valence-electron chi connectivity index (χ0n) is 11.1. The maximum Gasteiger partial charge on any atom is 0.283 e. The molecule has 0 aliphatic heterocycles. The van der Waals surface area contributed by atoms with Gasteiger partial charge < -0.3 is 4.74 Å². The highest BCUT2D eigenvalue weighted by atomic mass is 16.6. The molecule has 0 spiro atoms. The molecule has 0 amide bonds. The van der Waals surface area contributed by atoms with Crippen molar-refractivity contribution in [3.05, 3.63) is 63.7 Å². The van der Waals surface area contributed by atoms with Crippen molar-refractivity contribution >= 4 is 11.5 Å². The molecule has 6 heteroatoms. The summed E-state index contributed by atoms with van der Waals surface area (Å²) in [6.45, 7) is 1.27. The fourth-order valence-electron chi connectivity index (χ4n) is 1.76. The maximum absolute atomic E-state index is 11.3. The molecule has 104 valence electrons. The average Bonchev–Trinajstić information content (AvgIpc) is 2.47. The molecule has 0 saturated heterocycles. The Balaban J connectivity index is 2.32. The molecule has 0 radical (unpaired) electrons. The summed E-state index contributed by atoms with van der Waals surface area (Å²) < 4.78 is 5.48. The van der Waals surface area contributed by atoms with E-state index >= 15 is 0 Å². The van der Waals surface area contributed by atoms with E-state index in [0.29, 0.717) is 11.3 Å². The van der Waals surface area contributed by atoms with Crippen LogP contribution < -0.4 is 4.74 Å². The van der Waals surface area contributed by atoms with Crippen LogP contribution in [0.3, 0.4) is 0 Å². The second-order valence-electron chi connectivity index (χ2n) is 4.23. The van der Waals surface area contributed by atoms with Gasteiger partial charge in [0.05, 0.1) is 28.2 Å². The maximum atomic E-state index is 11.3. The van der Waals surface area contributed by atoms with E-state index in [9.17, 15) is 14.9 Å². The molecule has 2 aromatic rings. The molecule has 0 saturated carbocycles. The molecule has 0 N–H and O–H groups in total. The van der Waals surface area contributed by atoms with E-state index in [4.69, 9.17) is 10.00 Å². The number of rotatable bonds is 4. The van der Waals surface area contributed by atoms with Gasteiger partial charge in [0.1, 0.15) is 11.5 Å². The summed E-state index contributed by atoms with van der Waals surface area (Å²) >= 11 is 0. The van der Waals surface area contributed by atoms with E-state index in [1.165, 1.54) is 25.1 Å². The molecule has 0 unspecified atom stereocenters. The average molecular weight is 282 g/mol. The van der Waals surface area contributed by atoms with Crippen molar-refractivity contribution in [1.29, 1.82) is 5.26 Å². The van der Waals surface area contributed by atoms with E-state index in [1.807, 2.05) is 6.07 Å². The van der Waals surface area contributed by atoms with Crippen LogP contribution in [-0.4, -0.2) is 10.7 Å². The second kappa shape index (κ2) is 5.84. The number of nitrogens with zero attached hydrogens (tertiary/aromatic N) is 2. The summed E-state index contributed by atoms with van der Waals surface area (Å²) in [7, 11) is 0. The Kier molecular flexibility index (Phi) is 3.95. The van der Waals surface area contributed by atoms with Gasteiger partial charge >= 0.3 is 0 Å². The van der Waals surface area contributed by atoms with Crippen molar-refractivity contribution in [2.45, 2.75) is 6.92 Å². The zero-order valence-corrected chi connectivity index (χ0v) is 11.1. The first-order chi connectivity index (χ1) is 10.0. The lowest BCUT2D eigenvalue weighted by Crippen LogP contribution is -2.00. The van der Waals surface area contributed by atoms with Gasteiger partial charge in [0.2, 0.25) is 0 Å². The number of carbonyl (C=O) groups is 1. The van der Waals surface area contributed by atoms with Crippen LogP contribution in [0.1, 0.15) is 22.8 Å². The van der Waals surface area contributed by atoms with Crippen LogP contribution in [0.25, 0.3) is 0 Å². The molecular weight excluding hydrogens is 272 g/mol. The van der Waals surface area contributed by atoms with Crippen molar-refractivity contribution < 1.29 is 14.5 Å². The molecule has 21 heavy (non-hydrogen) atoms. The minimum absolute atomic E-state index is 0.0344. The predicted molar refractivity (Wildman–Crippen MR) is 74.3 cm³/mol. The third kappa shape index (κ3) is 3.22. The normalized spacial score (nSPS) is 9.71. The van der Waals surface area contributed by atoms with Crippen LogP contribution in [0.15, 0.2) is 42.5 Å². The fourth-order valence-corrected chi connectivity index (χ4v) is 1.76. The standard InChI is InChI=1S/C15H10N2O4/c1-10(18)14-7-6-13(8-15(14)17(19)20)21-12-4-2-11(9-16)3-5-12/h2-8H,1H3. The number of Topliss-reactive ketones (excluding diaryl/α,β-unsaturated/α-hetero) is 1. The smallest absolute Gasteiger partial charge is 0.283 e. The van der Waals surface area contributed by atoms with Gasteiger partial charge in [-0.2, -0.15) is 5.26 Å². The first-order valence-corrected chi connectivity index (χ1v) is 5.98. The highest BCUT2D eigenvalue weighted by molar-refractivity contribution is 5.98. The lowest BCUT2D eigenvalue weighted by Gasteiger charge is -2.06. The quantitative estimate of drug-likeness (QED) is 0.486. The van der Waals surface area contributed by atoms with Crippen LogP contribution >= 0.6 is 0 Å². The van der Waals surface area contributed by atoms with Gasteiger partial charge in [-0.3, -0.25) is 14.9 Å². The Morgan fingerprint density at radius 1 is 1.19 bits per heavy atom. The minimum atomic E-state index is -0.623. The number of nitro benzene ring substituents is 1. The largest absolute Gasteiger partial charge is 0.457 e. The van der Waals surface area contributed by atoms with Gasteiger partial charge in [-0.15, -0.1) is 0 Å². The number of nitriles is 1. The molecule has 0 aromatic heterocycles. The van der Waals surface area contributed by atoms with Crippen LogP contribution in [0.4, 0.5) is 5.69 Å². The summed E-state index contributed by atoms with van der Waals surface area (Å²) in [6.07, 6.45) is 0. The van der Waals surface area contributed by atoms with E-state index < -0.39 is 4.92 Å². The Morgan fingerprint density at radius 3 is 2.33 bits per heavy atom. The zero-order chi connectivity index (χ0) is 15.4. The van der Waals surface area contributed by atoms with Gasteiger partial charge in [-0.1, -0.05) is 0 Å². The first kappa shape index (κ1) is 14.2. The van der Waals surface area contributed by atoms with Crippen LogP contribution in [-0.2, 0) is 0 Å². The summed E-state index contributed by atoms with van der Waals surface area (Å²) in [4.78, 5) is 21.7. The van der Waals surface area contributed by atoms with E-state index in [1.54, 1.807) is 24.3 Å². The van der Waals surface area contributed by atoms with Crippen molar-refractivity contribution in [2.75, 3.05) is 0 Å². The van der Waals surface area contributed by atoms with Gasteiger partial charge in [0.25, 0.3) is 5.69 Å². The molecule has 0 aliphatic carbocycles. The molecule has 2 rings (SSSR count). The van der Waals surface area contributed by atoms with Crippen molar-refractivity contribution in [2.24, 2.45) is 0 Å². The summed E-state index contributed by atoms with van der Waals surface area (Å²) in [5.74, 6) is 0.307. The van der Waals surface area contributed by atoms with Gasteiger partial charge in [0.15, 0.2) is 5.78 Å². The molecular formula is C15H10N2O4. The minimum Gasteiger partial charge on any atom is -0.457 e. The van der Waals surface area contributed by atoms with Crippen LogP contribution in [0, 0.1) is 21.4 Å². The summed E-state index contributed by atoms with van der Waals surface area (Å²) in [5.41, 5.74) is 0.223. The molecule has 6 nitrogen and oxygen atoms in total. The second-order valence-corrected chi connectivity index (χ2v) is 4.23. The lowest BCUT2D eigenvalue weighted by molar-refractivity contribution is -0.385. The van der Waals surface area contributed by atoms with E-state index in [-0.39, 0.29) is 22.8 Å². The van der Waals surface area contributed by atoms with E-state index in [2.05, 4.69) is 0 Å². The van der Waals surface area contributed by atoms with Gasteiger partial charge in [-0.05, 0) is 43.3 Å². The molecule has 0 fully saturated rings. The summed E-state index contributed by atoms with van der Waals surface area (Å²) in [5, 5.41) is 19.7. The van der Waals surface area contributed by atoms with Crippen molar-refractivity contribution in [3.63, 3.8) is 0 Å². The fraction of sp³-hybridized carbons (Fsp3) is 0.0667. The Morgan fingerprint density at radius 2 is 1.81 bits per heavy atom. The highest BCUT2D eigenvalue weighted by Crippen LogP contribution is 2.28. The molecule has 2 aromatic carbocycles. The van der Waals surface area contributed by atoms with E-state index in [0.717, 1.165) is 0 Å². The number of hydrogen-bond acceptors (Lipinski definition) is 5. The first-order valence-electron chi connectivity index (χ1n) is 5.98. The number of benzene rings is 2. The van der Waals surface area contributed by atoms with Crippen LogP contribution in [0.2, 0.25) is 0 Å². The molecule has 0 bridgehead atoms. The number of nitro groups is 1. The Hall–Kier alpha value is -3.20. The van der Waals surface area contributed by atoms with Crippen molar-refractivity contribution in [1.82, 2.24) is 0 Å². The van der Waals surface area contributed by atoms with Crippen molar-refractivity contribution in [3.8, 4) is 17.6 Å². The summed E-state index contributed by atoms with van der Waals surface area (Å²) in [6, 6.07) is 12.4. The Bertz CT molecular complexity index is 745. The van der Waals surface area contributed by atoms with Crippen LogP contribution in [0.5, 0.6) is 11.5 Å². The monoisotopic (exact) mass is 282 g/mol. The molecule has 0 heterocycles. The third-order valence-electron chi connectivity index (χ3n) is 2.76. The molecule has 0 aliphatic rings. The van der Waals surface area contributed by atoms with Gasteiger partial charge in [0, 0.05) is 0 Å². The highest BCUT2D eigenvalue weighted by Gasteiger charge is 2.18. The third-order valence-corrected chi connectivity index (χ3v) is 2.76. The number of carbonyl (C=O) groups excluding carboxylic acids is 1. The van der Waals surface area contributed by atoms with Gasteiger partial charge in [-0.25, -0.2) is 0 Å². The molecule has 0 atom stereocenters. The number of hydrogen-bond donors (Lipinski definition) is 0.